The van der Waals surface area contributed by atoms with E-state index in [-0.39, 0.29) is 29.8 Å². The number of nitrogens with one attached hydrogen (secondary N) is 2. The molecule has 2 heterocycles. The summed E-state index contributed by atoms with van der Waals surface area (Å²) < 4.78 is 31.5. The van der Waals surface area contributed by atoms with Crippen molar-refractivity contribution in [3.05, 3.63) is 24.0 Å². The number of carbonyl (C=O) groups excluding carboxylic acids is 1. The van der Waals surface area contributed by atoms with Crippen molar-refractivity contribution in [2.75, 3.05) is 24.7 Å². The van der Waals surface area contributed by atoms with E-state index in [0.29, 0.717) is 5.56 Å². The number of sulfonamides is 1. The Morgan fingerprint density at radius 1 is 1.34 bits per heavy atom. The first kappa shape index (κ1) is 21.6. The number of carbonyl (C=O) groups is 1. The zero-order valence-electron chi connectivity index (χ0n) is 17.4. The first-order valence-corrected chi connectivity index (χ1v) is 11.7. The maximum absolute atomic E-state index is 12.7. The number of nitrogens with zero attached hydrogens (tertiary/aromatic N) is 2. The number of anilines is 1. The number of hydrogen-bond acceptors (Lipinski definition) is 6. The molecule has 0 spiro atoms. The van der Waals surface area contributed by atoms with Gasteiger partial charge in [-0.2, -0.15) is 0 Å². The van der Waals surface area contributed by atoms with E-state index in [0.717, 1.165) is 42.4 Å². The highest BCUT2D eigenvalue weighted by Crippen LogP contribution is 2.35. The molecule has 9 heteroatoms. The highest BCUT2D eigenvalue weighted by atomic mass is 32.2. The summed E-state index contributed by atoms with van der Waals surface area (Å²) in [6.07, 6.45) is 6.58. The van der Waals surface area contributed by atoms with Crippen molar-refractivity contribution in [3.8, 4) is 0 Å². The zero-order chi connectivity index (χ0) is 21.2. The van der Waals surface area contributed by atoms with Crippen LogP contribution in [0.3, 0.4) is 0 Å². The van der Waals surface area contributed by atoms with Gasteiger partial charge in [-0.25, -0.2) is 22.9 Å². The SMILES string of the molecule is CNS(=O)(=O)C[C@H]1CC[C@H](N(C)c2c(C(=O)OC(C)C)cnc3[nH]ccc23)CC1. The van der Waals surface area contributed by atoms with Gasteiger partial charge < -0.3 is 14.6 Å². The van der Waals surface area contributed by atoms with Crippen molar-refractivity contribution in [1.82, 2.24) is 14.7 Å². The number of fused-ring (bicyclic) bond motifs is 1. The lowest BCUT2D eigenvalue weighted by Gasteiger charge is -2.36. The molecule has 3 rings (SSSR count). The number of pyridine rings is 1. The first-order chi connectivity index (χ1) is 13.7. The van der Waals surface area contributed by atoms with Crippen molar-refractivity contribution < 1.29 is 17.9 Å². The van der Waals surface area contributed by atoms with Crippen molar-refractivity contribution in [3.63, 3.8) is 0 Å². The molecule has 0 aromatic carbocycles. The third-order valence-corrected chi connectivity index (χ3v) is 7.14. The fourth-order valence-electron chi connectivity index (χ4n) is 4.08. The summed E-state index contributed by atoms with van der Waals surface area (Å²) in [4.78, 5) is 22.3. The molecule has 0 aliphatic heterocycles. The molecule has 1 fully saturated rings. The number of aromatic nitrogens is 2. The van der Waals surface area contributed by atoms with Gasteiger partial charge in [0, 0.05) is 30.9 Å². The van der Waals surface area contributed by atoms with Gasteiger partial charge >= 0.3 is 5.97 Å². The second-order valence-corrected chi connectivity index (χ2v) is 9.96. The molecule has 0 unspecified atom stereocenters. The molecule has 0 saturated heterocycles. The standard InChI is InChI=1S/C20H30N4O4S/c1-13(2)28-20(25)17-11-23-19-16(9-10-22-19)18(17)24(4)15-7-5-14(6-8-15)12-29(26,27)21-3/h9-11,13-15,21H,5-8,12H2,1-4H3,(H,22,23)/t14-,15-. The smallest absolute Gasteiger partial charge is 0.342 e. The fraction of sp³-hybridized carbons (Fsp3) is 0.600. The fourth-order valence-corrected chi connectivity index (χ4v) is 5.20. The Balaban J connectivity index is 1.83. The molecule has 29 heavy (non-hydrogen) atoms. The molecule has 1 saturated carbocycles. The minimum atomic E-state index is -3.20. The Kier molecular flexibility index (Phi) is 6.48. The Hall–Kier alpha value is -2.13. The van der Waals surface area contributed by atoms with Gasteiger partial charge in [0.2, 0.25) is 10.0 Å². The number of hydrogen-bond donors (Lipinski definition) is 2. The number of ether oxygens (including phenoxy) is 1. The van der Waals surface area contributed by atoms with Gasteiger partial charge in [0.05, 0.1) is 17.5 Å². The third kappa shape index (κ3) is 4.90. The quantitative estimate of drug-likeness (QED) is 0.665. The van der Waals surface area contributed by atoms with Crippen LogP contribution in [0.25, 0.3) is 11.0 Å². The van der Waals surface area contributed by atoms with E-state index in [2.05, 4.69) is 19.6 Å². The minimum Gasteiger partial charge on any atom is -0.459 e. The van der Waals surface area contributed by atoms with Gasteiger partial charge in [-0.05, 0) is 58.6 Å². The van der Waals surface area contributed by atoms with Gasteiger partial charge in [-0.1, -0.05) is 0 Å². The van der Waals surface area contributed by atoms with Gasteiger partial charge in [0.15, 0.2) is 0 Å². The molecule has 8 nitrogen and oxygen atoms in total. The van der Waals surface area contributed by atoms with Crippen LogP contribution < -0.4 is 9.62 Å². The van der Waals surface area contributed by atoms with Crippen molar-refractivity contribution in [2.24, 2.45) is 5.92 Å². The summed E-state index contributed by atoms with van der Waals surface area (Å²) >= 11 is 0. The normalized spacial score (nSPS) is 20.2. The summed E-state index contributed by atoms with van der Waals surface area (Å²) in [5.74, 6) is -0.0538. The van der Waals surface area contributed by atoms with Gasteiger partial charge in [-0.15, -0.1) is 0 Å². The molecule has 1 aliphatic rings. The summed E-state index contributed by atoms with van der Waals surface area (Å²) in [7, 11) is 0.249. The molecule has 2 N–H and O–H groups in total. The van der Waals surface area contributed by atoms with E-state index in [4.69, 9.17) is 4.74 Å². The summed E-state index contributed by atoms with van der Waals surface area (Å²) in [5, 5.41) is 0.880. The number of esters is 1. The number of rotatable bonds is 7. The molecule has 160 valence electrons. The second-order valence-electron chi connectivity index (χ2n) is 7.99. The molecular weight excluding hydrogens is 392 g/mol. The monoisotopic (exact) mass is 422 g/mol. The van der Waals surface area contributed by atoms with Crippen molar-refractivity contribution in [2.45, 2.75) is 51.7 Å². The average molecular weight is 423 g/mol. The van der Waals surface area contributed by atoms with Crippen LogP contribution in [0.2, 0.25) is 0 Å². The molecule has 0 radical (unpaired) electrons. The van der Waals surface area contributed by atoms with Crippen LogP contribution in [0.5, 0.6) is 0 Å². The summed E-state index contributed by atoms with van der Waals surface area (Å²) in [6, 6.07) is 2.14. The van der Waals surface area contributed by atoms with E-state index in [1.807, 2.05) is 33.2 Å². The minimum absolute atomic E-state index is 0.159. The van der Waals surface area contributed by atoms with E-state index in [9.17, 15) is 13.2 Å². The predicted octanol–water partition coefficient (Wildman–Crippen LogP) is 2.67. The van der Waals surface area contributed by atoms with E-state index >= 15 is 0 Å². The number of H-pyrrole nitrogens is 1. The average Bonchev–Trinajstić information content (AvgIpc) is 3.15. The Bertz CT molecular complexity index is 962. The maximum Gasteiger partial charge on any atom is 0.342 e. The van der Waals surface area contributed by atoms with Crippen LogP contribution in [0.1, 0.15) is 49.9 Å². The van der Waals surface area contributed by atoms with Crippen molar-refractivity contribution in [1.29, 1.82) is 0 Å². The maximum atomic E-state index is 12.7. The Morgan fingerprint density at radius 3 is 2.66 bits per heavy atom. The van der Waals surface area contributed by atoms with Gasteiger partial charge in [0.1, 0.15) is 11.2 Å². The molecular formula is C20H30N4O4S. The molecule has 2 aromatic rings. The largest absolute Gasteiger partial charge is 0.459 e. The lowest BCUT2D eigenvalue weighted by Crippen LogP contribution is -2.38. The second kappa shape index (κ2) is 8.71. The summed E-state index contributed by atoms with van der Waals surface area (Å²) in [5.41, 5.74) is 1.99. The first-order valence-electron chi connectivity index (χ1n) is 10.0. The van der Waals surface area contributed by atoms with Crippen LogP contribution in [0, 0.1) is 5.92 Å². The van der Waals surface area contributed by atoms with Crippen LogP contribution in [-0.4, -0.2) is 56.3 Å². The molecule has 2 aromatic heterocycles. The van der Waals surface area contributed by atoms with Crippen LogP contribution in [-0.2, 0) is 14.8 Å². The Labute approximate surface area is 172 Å². The van der Waals surface area contributed by atoms with Crippen LogP contribution >= 0.6 is 0 Å². The highest BCUT2D eigenvalue weighted by molar-refractivity contribution is 7.89. The molecule has 0 atom stereocenters. The highest BCUT2D eigenvalue weighted by Gasteiger charge is 2.30. The van der Waals surface area contributed by atoms with E-state index in [1.54, 1.807) is 6.20 Å². The molecule has 0 amide bonds. The molecule has 0 bridgehead atoms. The summed E-state index contributed by atoms with van der Waals surface area (Å²) in [6.45, 7) is 3.65. The number of aromatic amines is 1. The van der Waals surface area contributed by atoms with Gasteiger partial charge in [0.25, 0.3) is 0 Å². The lowest BCUT2D eigenvalue weighted by molar-refractivity contribution is 0.0378. The predicted molar refractivity (Wildman–Crippen MR) is 114 cm³/mol. The topological polar surface area (TPSA) is 104 Å². The lowest BCUT2D eigenvalue weighted by atomic mass is 9.86. The Morgan fingerprint density at radius 2 is 2.03 bits per heavy atom. The van der Waals surface area contributed by atoms with Crippen molar-refractivity contribution >= 4 is 32.7 Å². The van der Waals surface area contributed by atoms with E-state index < -0.39 is 10.0 Å². The van der Waals surface area contributed by atoms with Gasteiger partial charge in [-0.3, -0.25) is 0 Å². The zero-order valence-corrected chi connectivity index (χ0v) is 18.3. The molecule has 1 aliphatic carbocycles. The van der Waals surface area contributed by atoms with Crippen LogP contribution in [0.15, 0.2) is 18.5 Å². The third-order valence-electron chi connectivity index (χ3n) is 5.60. The van der Waals surface area contributed by atoms with E-state index in [1.165, 1.54) is 7.05 Å². The van der Waals surface area contributed by atoms with Crippen LogP contribution in [0.4, 0.5) is 5.69 Å².